The van der Waals surface area contributed by atoms with Crippen LogP contribution in [0.4, 0.5) is 0 Å². The average Bonchev–Trinajstić information content (AvgIpc) is 2.96. The van der Waals surface area contributed by atoms with Crippen molar-refractivity contribution in [3.63, 3.8) is 0 Å². The van der Waals surface area contributed by atoms with Crippen LogP contribution in [0, 0.1) is 0 Å². The van der Waals surface area contributed by atoms with Crippen molar-refractivity contribution in [1.82, 2.24) is 19.4 Å². The molecular formula is C14H18N4O3. The van der Waals surface area contributed by atoms with Gasteiger partial charge < -0.3 is 14.5 Å². The van der Waals surface area contributed by atoms with Gasteiger partial charge in [0.2, 0.25) is 5.91 Å². The molecule has 0 atom stereocenters. The highest BCUT2D eigenvalue weighted by molar-refractivity contribution is 5.75. The Morgan fingerprint density at radius 3 is 2.62 bits per heavy atom. The number of hydrogen-bond acceptors (Lipinski definition) is 3. The Balaban J connectivity index is 1.67. The third kappa shape index (κ3) is 4.79. The van der Waals surface area contributed by atoms with E-state index in [0.29, 0.717) is 6.54 Å². The van der Waals surface area contributed by atoms with E-state index in [1.54, 1.807) is 0 Å². The van der Waals surface area contributed by atoms with Crippen LogP contribution in [0.15, 0.2) is 46.4 Å². The van der Waals surface area contributed by atoms with E-state index in [1.807, 2.05) is 29.1 Å². The highest BCUT2D eigenvalue weighted by Crippen LogP contribution is 1.92. The first-order valence-electron chi connectivity index (χ1n) is 6.82. The number of nitrogens with zero attached hydrogens (tertiary/aromatic N) is 2. The van der Waals surface area contributed by atoms with Gasteiger partial charge in [-0.15, -0.1) is 0 Å². The monoisotopic (exact) mass is 290 g/mol. The SMILES string of the molecule is O=C(CCn1ccc(=O)[nH]c1=O)NCCCn1cccc1. The summed E-state index contributed by atoms with van der Waals surface area (Å²) in [6, 6.07) is 5.18. The van der Waals surface area contributed by atoms with Crippen molar-refractivity contribution in [2.45, 2.75) is 25.9 Å². The molecule has 2 N–H and O–H groups in total. The van der Waals surface area contributed by atoms with E-state index < -0.39 is 11.2 Å². The second kappa shape index (κ2) is 7.28. The first-order chi connectivity index (χ1) is 10.1. The number of carbonyl (C=O) groups is 1. The second-order valence-electron chi connectivity index (χ2n) is 4.68. The number of nitrogens with one attached hydrogen (secondary N) is 2. The average molecular weight is 290 g/mol. The van der Waals surface area contributed by atoms with Crippen LogP contribution in [0.2, 0.25) is 0 Å². The predicted octanol–water partition coefficient (Wildman–Crippen LogP) is -0.0653. The van der Waals surface area contributed by atoms with Crippen molar-refractivity contribution < 1.29 is 4.79 Å². The molecule has 0 aromatic carbocycles. The Labute approximate surface area is 121 Å². The first-order valence-corrected chi connectivity index (χ1v) is 6.82. The maximum Gasteiger partial charge on any atom is 0.328 e. The molecule has 0 fully saturated rings. The minimum absolute atomic E-state index is 0.111. The Morgan fingerprint density at radius 1 is 1.14 bits per heavy atom. The lowest BCUT2D eigenvalue weighted by Gasteiger charge is -2.07. The molecule has 2 aromatic rings. The molecule has 0 aliphatic carbocycles. The van der Waals surface area contributed by atoms with E-state index in [1.165, 1.54) is 16.8 Å². The Hall–Kier alpha value is -2.57. The summed E-state index contributed by atoms with van der Waals surface area (Å²) in [5.74, 6) is -0.111. The minimum Gasteiger partial charge on any atom is -0.356 e. The maximum atomic E-state index is 11.7. The molecule has 0 saturated heterocycles. The number of amides is 1. The molecule has 2 aromatic heterocycles. The fraction of sp³-hybridized carbons (Fsp3) is 0.357. The van der Waals surface area contributed by atoms with Crippen molar-refractivity contribution in [3.8, 4) is 0 Å². The third-order valence-electron chi connectivity index (χ3n) is 3.06. The quantitative estimate of drug-likeness (QED) is 0.700. The van der Waals surface area contributed by atoms with E-state index in [2.05, 4.69) is 10.3 Å². The molecule has 2 rings (SSSR count). The Bertz CT molecular complexity index is 685. The van der Waals surface area contributed by atoms with Gasteiger partial charge in [0, 0.05) is 50.7 Å². The molecule has 2 heterocycles. The van der Waals surface area contributed by atoms with Crippen molar-refractivity contribution in [2.75, 3.05) is 6.54 Å². The van der Waals surface area contributed by atoms with Gasteiger partial charge in [0.05, 0.1) is 0 Å². The zero-order valence-corrected chi connectivity index (χ0v) is 11.6. The van der Waals surface area contributed by atoms with Crippen LogP contribution in [-0.2, 0) is 17.9 Å². The van der Waals surface area contributed by atoms with E-state index in [9.17, 15) is 14.4 Å². The van der Waals surface area contributed by atoms with Gasteiger partial charge in [-0.05, 0) is 18.6 Å². The lowest BCUT2D eigenvalue weighted by Crippen LogP contribution is -2.31. The summed E-state index contributed by atoms with van der Waals surface area (Å²) in [5, 5.41) is 2.81. The summed E-state index contributed by atoms with van der Waals surface area (Å²) in [6.07, 6.45) is 6.39. The van der Waals surface area contributed by atoms with E-state index in [-0.39, 0.29) is 18.9 Å². The summed E-state index contributed by atoms with van der Waals surface area (Å²) in [4.78, 5) is 36.1. The second-order valence-corrected chi connectivity index (χ2v) is 4.68. The smallest absolute Gasteiger partial charge is 0.328 e. The van der Waals surface area contributed by atoms with Gasteiger partial charge in [0.15, 0.2) is 0 Å². The van der Waals surface area contributed by atoms with E-state index >= 15 is 0 Å². The lowest BCUT2D eigenvalue weighted by molar-refractivity contribution is -0.121. The van der Waals surface area contributed by atoms with Gasteiger partial charge in [-0.2, -0.15) is 0 Å². The Kier molecular flexibility index (Phi) is 5.14. The number of aryl methyl sites for hydroxylation is 2. The van der Waals surface area contributed by atoms with Gasteiger partial charge >= 0.3 is 5.69 Å². The Morgan fingerprint density at radius 2 is 1.90 bits per heavy atom. The van der Waals surface area contributed by atoms with Crippen molar-refractivity contribution in [3.05, 3.63) is 57.6 Å². The van der Waals surface area contributed by atoms with Crippen LogP contribution in [0.3, 0.4) is 0 Å². The van der Waals surface area contributed by atoms with Crippen molar-refractivity contribution in [2.24, 2.45) is 0 Å². The number of hydrogen-bond donors (Lipinski definition) is 2. The molecule has 0 spiro atoms. The maximum absolute atomic E-state index is 11.7. The summed E-state index contributed by atoms with van der Waals surface area (Å²) in [5.41, 5.74) is -0.936. The fourth-order valence-electron chi connectivity index (χ4n) is 1.94. The van der Waals surface area contributed by atoms with Crippen LogP contribution in [0.5, 0.6) is 0 Å². The highest BCUT2D eigenvalue weighted by Gasteiger charge is 2.03. The molecule has 21 heavy (non-hydrogen) atoms. The molecule has 7 nitrogen and oxygen atoms in total. The van der Waals surface area contributed by atoms with Crippen LogP contribution < -0.4 is 16.6 Å². The number of aromatic amines is 1. The van der Waals surface area contributed by atoms with Crippen molar-refractivity contribution >= 4 is 5.91 Å². The normalized spacial score (nSPS) is 10.5. The summed E-state index contributed by atoms with van der Waals surface area (Å²) in [7, 11) is 0. The molecule has 0 bridgehead atoms. The van der Waals surface area contributed by atoms with Gasteiger partial charge in [0.25, 0.3) is 5.56 Å². The molecule has 112 valence electrons. The molecule has 0 aliphatic rings. The lowest BCUT2D eigenvalue weighted by atomic mass is 10.3. The van der Waals surface area contributed by atoms with Crippen LogP contribution in [0.1, 0.15) is 12.8 Å². The minimum atomic E-state index is -0.497. The van der Waals surface area contributed by atoms with Crippen molar-refractivity contribution in [1.29, 1.82) is 0 Å². The number of carbonyl (C=O) groups excluding carboxylic acids is 1. The van der Waals surface area contributed by atoms with Gasteiger partial charge in [-0.3, -0.25) is 14.6 Å². The number of H-pyrrole nitrogens is 1. The highest BCUT2D eigenvalue weighted by atomic mass is 16.2. The predicted molar refractivity (Wildman–Crippen MR) is 78.0 cm³/mol. The zero-order valence-electron chi connectivity index (χ0n) is 11.6. The molecule has 1 amide bonds. The van der Waals surface area contributed by atoms with Gasteiger partial charge in [0.1, 0.15) is 0 Å². The van der Waals surface area contributed by atoms with Gasteiger partial charge in [-0.1, -0.05) is 0 Å². The summed E-state index contributed by atoms with van der Waals surface area (Å²) in [6.45, 7) is 1.70. The molecule has 0 aliphatic heterocycles. The summed E-state index contributed by atoms with van der Waals surface area (Å²) < 4.78 is 3.35. The summed E-state index contributed by atoms with van der Waals surface area (Å²) >= 11 is 0. The molecule has 7 heteroatoms. The van der Waals surface area contributed by atoms with Gasteiger partial charge in [-0.25, -0.2) is 4.79 Å². The van der Waals surface area contributed by atoms with Crippen LogP contribution >= 0.6 is 0 Å². The standard InChI is InChI=1S/C14H18N4O3/c19-12(15-6-3-9-17-7-1-2-8-17)4-10-18-11-5-13(20)16-14(18)21/h1-2,5,7-8,11H,3-4,6,9-10H2,(H,15,19)(H,16,20,21). The third-order valence-corrected chi connectivity index (χ3v) is 3.06. The molecule has 0 saturated carbocycles. The fourth-order valence-corrected chi connectivity index (χ4v) is 1.94. The topological polar surface area (TPSA) is 88.9 Å². The molecule has 0 unspecified atom stereocenters. The largest absolute Gasteiger partial charge is 0.356 e. The van der Waals surface area contributed by atoms with E-state index in [4.69, 9.17) is 0 Å². The number of rotatable bonds is 7. The number of aromatic nitrogens is 3. The zero-order chi connectivity index (χ0) is 15.1. The molecular weight excluding hydrogens is 272 g/mol. The van der Waals surface area contributed by atoms with Crippen LogP contribution in [-0.4, -0.2) is 26.6 Å². The van der Waals surface area contributed by atoms with Crippen LogP contribution in [0.25, 0.3) is 0 Å². The molecule has 0 radical (unpaired) electrons. The first kappa shape index (κ1) is 14.8. The van der Waals surface area contributed by atoms with E-state index in [0.717, 1.165) is 13.0 Å².